The van der Waals surface area contributed by atoms with Crippen molar-refractivity contribution in [1.82, 2.24) is 14.9 Å². The normalized spacial score (nSPS) is 22.1. The number of carbonyl (C=O) groups excluding carboxylic acids is 1. The first-order chi connectivity index (χ1) is 9.58. The van der Waals surface area contributed by atoms with Gasteiger partial charge in [0.05, 0.1) is 0 Å². The fourth-order valence-corrected chi connectivity index (χ4v) is 3.44. The van der Waals surface area contributed by atoms with Crippen molar-refractivity contribution >= 4 is 23.3 Å². The molecule has 6 heteroatoms. The third-order valence-electron chi connectivity index (χ3n) is 4.25. The number of anilines is 1. The molecule has 0 bridgehead atoms. The monoisotopic (exact) mass is 294 g/mol. The fraction of sp³-hybridized carbons (Fsp3) is 0.643. The first kappa shape index (κ1) is 13.6. The zero-order chi connectivity index (χ0) is 14.3. The van der Waals surface area contributed by atoms with Crippen LogP contribution in [0, 0.1) is 0 Å². The predicted molar refractivity (Wildman–Crippen MR) is 78.0 cm³/mol. The van der Waals surface area contributed by atoms with Crippen molar-refractivity contribution in [2.24, 2.45) is 0 Å². The first-order valence-electron chi connectivity index (χ1n) is 7.09. The summed E-state index contributed by atoms with van der Waals surface area (Å²) in [7, 11) is 3.60. The number of amides is 1. The Bertz CT molecular complexity index is 528. The SMILES string of the molecule is CN(C)C(=O)C1Cc2cnc(Cl)nc2N1C1CCCC1. The Kier molecular flexibility index (Phi) is 3.54. The highest BCUT2D eigenvalue weighted by atomic mass is 35.5. The Morgan fingerprint density at radius 2 is 2.10 bits per heavy atom. The number of fused-ring (bicyclic) bond motifs is 1. The second-order valence-electron chi connectivity index (χ2n) is 5.79. The molecule has 1 aliphatic carbocycles. The third-order valence-corrected chi connectivity index (χ3v) is 4.43. The van der Waals surface area contributed by atoms with Crippen LogP contribution >= 0.6 is 11.6 Å². The number of carbonyl (C=O) groups is 1. The Labute approximate surface area is 123 Å². The second kappa shape index (κ2) is 5.20. The summed E-state index contributed by atoms with van der Waals surface area (Å²) < 4.78 is 0. The van der Waals surface area contributed by atoms with Crippen LogP contribution in [0.15, 0.2) is 6.20 Å². The topological polar surface area (TPSA) is 49.3 Å². The minimum absolute atomic E-state index is 0.131. The average molecular weight is 295 g/mol. The highest BCUT2D eigenvalue weighted by Crippen LogP contribution is 2.37. The highest BCUT2D eigenvalue weighted by molar-refractivity contribution is 6.28. The molecular formula is C14H19ClN4O. The quantitative estimate of drug-likeness (QED) is 0.782. The third kappa shape index (κ3) is 2.24. The van der Waals surface area contributed by atoms with Crippen LogP contribution in [0.4, 0.5) is 5.82 Å². The van der Waals surface area contributed by atoms with Crippen LogP contribution in [-0.4, -0.2) is 47.0 Å². The van der Waals surface area contributed by atoms with Crippen molar-refractivity contribution < 1.29 is 4.79 Å². The molecule has 0 radical (unpaired) electrons. The lowest BCUT2D eigenvalue weighted by molar-refractivity contribution is -0.130. The number of aromatic nitrogens is 2. The van der Waals surface area contributed by atoms with Gasteiger partial charge >= 0.3 is 0 Å². The van der Waals surface area contributed by atoms with E-state index in [1.54, 1.807) is 25.2 Å². The Balaban J connectivity index is 1.98. The number of hydrogen-bond donors (Lipinski definition) is 0. The van der Waals surface area contributed by atoms with E-state index in [1.165, 1.54) is 12.8 Å². The predicted octanol–water partition coefficient (Wildman–Crippen LogP) is 1.89. The van der Waals surface area contributed by atoms with Crippen molar-refractivity contribution in [3.63, 3.8) is 0 Å². The van der Waals surface area contributed by atoms with Crippen LogP contribution < -0.4 is 4.90 Å². The zero-order valence-electron chi connectivity index (χ0n) is 11.8. The molecule has 5 nitrogen and oxygen atoms in total. The lowest BCUT2D eigenvalue weighted by Gasteiger charge is -2.33. The largest absolute Gasteiger partial charge is 0.347 e. The molecule has 3 rings (SSSR count). The molecule has 1 saturated carbocycles. The van der Waals surface area contributed by atoms with E-state index in [-0.39, 0.29) is 17.2 Å². The molecule has 0 aromatic carbocycles. The summed E-state index contributed by atoms with van der Waals surface area (Å²) in [6.07, 6.45) is 7.13. The molecule has 2 heterocycles. The first-order valence-corrected chi connectivity index (χ1v) is 7.46. The molecule has 1 aliphatic heterocycles. The molecule has 20 heavy (non-hydrogen) atoms. The van der Waals surface area contributed by atoms with Crippen molar-refractivity contribution in [3.8, 4) is 0 Å². The standard InChI is InChI=1S/C14H19ClN4O/c1-18(2)13(20)11-7-9-8-16-14(15)17-12(9)19(11)10-5-3-4-6-10/h8,10-11H,3-7H2,1-2H3. The lowest BCUT2D eigenvalue weighted by atomic mass is 10.1. The van der Waals surface area contributed by atoms with Crippen LogP contribution in [0.5, 0.6) is 0 Å². The van der Waals surface area contributed by atoms with Gasteiger partial charge in [-0.15, -0.1) is 0 Å². The maximum absolute atomic E-state index is 12.5. The molecule has 108 valence electrons. The van der Waals surface area contributed by atoms with E-state index < -0.39 is 0 Å². The van der Waals surface area contributed by atoms with Crippen molar-refractivity contribution in [1.29, 1.82) is 0 Å². The van der Waals surface area contributed by atoms with Crippen molar-refractivity contribution in [2.45, 2.75) is 44.2 Å². The van der Waals surface area contributed by atoms with Gasteiger partial charge in [0.1, 0.15) is 11.9 Å². The molecule has 1 unspecified atom stereocenters. The molecule has 2 aliphatic rings. The summed E-state index contributed by atoms with van der Waals surface area (Å²) in [5.74, 6) is 0.989. The van der Waals surface area contributed by atoms with Gasteiger partial charge in [-0.1, -0.05) is 12.8 Å². The molecule has 0 N–H and O–H groups in total. The fourth-order valence-electron chi connectivity index (χ4n) is 3.31. The number of nitrogens with zero attached hydrogens (tertiary/aromatic N) is 4. The van der Waals surface area contributed by atoms with Crippen LogP contribution in [0.3, 0.4) is 0 Å². The molecule has 1 fully saturated rings. The average Bonchev–Trinajstić information content (AvgIpc) is 3.03. The van der Waals surface area contributed by atoms with E-state index in [9.17, 15) is 4.79 Å². The van der Waals surface area contributed by atoms with Crippen LogP contribution in [0.1, 0.15) is 31.2 Å². The summed E-state index contributed by atoms with van der Waals surface area (Å²) in [5, 5.41) is 0.254. The Hall–Kier alpha value is -1.36. The van der Waals surface area contributed by atoms with Gasteiger partial charge in [0, 0.05) is 38.3 Å². The minimum Gasteiger partial charge on any atom is -0.347 e. The van der Waals surface area contributed by atoms with E-state index in [2.05, 4.69) is 14.9 Å². The van der Waals surface area contributed by atoms with Crippen molar-refractivity contribution in [2.75, 3.05) is 19.0 Å². The van der Waals surface area contributed by atoms with E-state index in [1.807, 2.05) is 0 Å². The van der Waals surface area contributed by atoms with Gasteiger partial charge in [-0.2, -0.15) is 0 Å². The number of hydrogen-bond acceptors (Lipinski definition) is 4. The Morgan fingerprint density at radius 3 is 2.75 bits per heavy atom. The van der Waals surface area contributed by atoms with Gasteiger partial charge in [-0.25, -0.2) is 9.97 Å². The second-order valence-corrected chi connectivity index (χ2v) is 6.12. The van der Waals surface area contributed by atoms with Crippen LogP contribution in [0.25, 0.3) is 0 Å². The summed E-state index contributed by atoms with van der Waals surface area (Å²) in [4.78, 5) is 24.8. The minimum atomic E-state index is -0.157. The zero-order valence-corrected chi connectivity index (χ0v) is 12.6. The smallest absolute Gasteiger partial charge is 0.245 e. The number of halogens is 1. The van der Waals surface area contributed by atoms with Gasteiger partial charge < -0.3 is 9.80 Å². The number of rotatable bonds is 2. The highest BCUT2D eigenvalue weighted by Gasteiger charge is 2.41. The van der Waals surface area contributed by atoms with Gasteiger partial charge in [0.2, 0.25) is 11.2 Å². The Morgan fingerprint density at radius 1 is 1.40 bits per heavy atom. The molecule has 0 spiro atoms. The maximum atomic E-state index is 12.5. The maximum Gasteiger partial charge on any atom is 0.245 e. The van der Waals surface area contributed by atoms with Crippen LogP contribution in [0.2, 0.25) is 5.28 Å². The lowest BCUT2D eigenvalue weighted by Crippen LogP contribution is -2.48. The van der Waals surface area contributed by atoms with E-state index >= 15 is 0 Å². The van der Waals surface area contributed by atoms with Gasteiger partial charge in [0.25, 0.3) is 0 Å². The summed E-state index contributed by atoms with van der Waals surface area (Å²) in [6.45, 7) is 0. The molecule has 0 saturated heterocycles. The van der Waals surface area contributed by atoms with E-state index in [4.69, 9.17) is 11.6 Å². The van der Waals surface area contributed by atoms with E-state index in [0.29, 0.717) is 12.5 Å². The summed E-state index contributed by atoms with van der Waals surface area (Å²) in [5.41, 5.74) is 1.03. The summed E-state index contributed by atoms with van der Waals surface area (Å²) >= 11 is 5.94. The van der Waals surface area contributed by atoms with E-state index in [0.717, 1.165) is 24.2 Å². The molecule has 1 amide bonds. The van der Waals surface area contributed by atoms with Gasteiger partial charge in [-0.05, 0) is 24.4 Å². The van der Waals surface area contributed by atoms with Crippen LogP contribution in [-0.2, 0) is 11.2 Å². The van der Waals surface area contributed by atoms with Gasteiger partial charge in [-0.3, -0.25) is 4.79 Å². The molecule has 1 aromatic heterocycles. The molecule has 1 atom stereocenters. The molecular weight excluding hydrogens is 276 g/mol. The number of likely N-dealkylation sites (N-methyl/N-ethyl adjacent to an activating group) is 1. The summed E-state index contributed by atoms with van der Waals surface area (Å²) in [6, 6.07) is 0.243. The van der Waals surface area contributed by atoms with Crippen molar-refractivity contribution in [3.05, 3.63) is 17.0 Å². The molecule has 1 aromatic rings. The van der Waals surface area contributed by atoms with Gasteiger partial charge in [0.15, 0.2) is 0 Å².